The van der Waals surface area contributed by atoms with Crippen molar-refractivity contribution in [1.29, 1.82) is 0 Å². The average Bonchev–Trinajstić information content (AvgIpc) is 3.06. The molecular weight excluding hydrogens is 453 g/mol. The van der Waals surface area contributed by atoms with Crippen LogP contribution in [0.4, 0.5) is 0 Å². The first-order valence-corrected chi connectivity index (χ1v) is 9.69. The Bertz CT molecular complexity index is 946. The van der Waals surface area contributed by atoms with Crippen molar-refractivity contribution in [3.05, 3.63) is 80.5 Å². The first-order chi connectivity index (χ1) is 13.0. The third kappa shape index (κ3) is 5.73. The average molecular weight is 469 g/mol. The zero-order valence-electron chi connectivity index (χ0n) is 14.2. The molecule has 8 heteroatoms. The van der Waals surface area contributed by atoms with Crippen LogP contribution in [0.1, 0.15) is 15.9 Å². The SMILES string of the molecule is O=C(NCCn1cc(Br)cn1)c1cccc(COc2ccc(Cl)cc2Cl)c1. The van der Waals surface area contributed by atoms with E-state index in [1.165, 1.54) is 0 Å². The highest BCUT2D eigenvalue weighted by Crippen LogP contribution is 2.28. The summed E-state index contributed by atoms with van der Waals surface area (Å²) in [5, 5.41) is 8.02. The summed E-state index contributed by atoms with van der Waals surface area (Å²) in [6.07, 6.45) is 3.56. The number of carbonyl (C=O) groups excluding carboxylic acids is 1. The molecule has 27 heavy (non-hydrogen) atoms. The summed E-state index contributed by atoms with van der Waals surface area (Å²) < 4.78 is 8.37. The van der Waals surface area contributed by atoms with E-state index in [0.29, 0.717) is 41.1 Å². The second kappa shape index (κ2) is 9.26. The van der Waals surface area contributed by atoms with Crippen LogP contribution in [-0.4, -0.2) is 22.2 Å². The highest BCUT2D eigenvalue weighted by molar-refractivity contribution is 9.10. The predicted molar refractivity (Wildman–Crippen MR) is 109 cm³/mol. The maximum atomic E-state index is 12.3. The van der Waals surface area contributed by atoms with Crippen molar-refractivity contribution in [1.82, 2.24) is 15.1 Å². The number of hydrogen-bond acceptors (Lipinski definition) is 3. The number of rotatable bonds is 7. The normalized spacial score (nSPS) is 10.6. The van der Waals surface area contributed by atoms with Gasteiger partial charge in [-0.15, -0.1) is 0 Å². The molecule has 0 aliphatic heterocycles. The van der Waals surface area contributed by atoms with Crippen molar-refractivity contribution in [2.24, 2.45) is 0 Å². The molecule has 0 fully saturated rings. The van der Waals surface area contributed by atoms with Crippen LogP contribution < -0.4 is 10.1 Å². The lowest BCUT2D eigenvalue weighted by Crippen LogP contribution is -2.27. The van der Waals surface area contributed by atoms with Gasteiger partial charge in [0.2, 0.25) is 0 Å². The Morgan fingerprint density at radius 1 is 1.22 bits per heavy atom. The number of nitrogens with zero attached hydrogens (tertiary/aromatic N) is 2. The van der Waals surface area contributed by atoms with Gasteiger partial charge in [-0.1, -0.05) is 35.3 Å². The van der Waals surface area contributed by atoms with Gasteiger partial charge in [0.25, 0.3) is 5.91 Å². The minimum atomic E-state index is -0.146. The Balaban J connectivity index is 1.55. The number of nitrogens with one attached hydrogen (secondary N) is 1. The van der Waals surface area contributed by atoms with Gasteiger partial charge >= 0.3 is 0 Å². The number of ether oxygens (including phenoxy) is 1. The molecule has 0 aliphatic rings. The van der Waals surface area contributed by atoms with E-state index in [1.54, 1.807) is 41.2 Å². The summed E-state index contributed by atoms with van der Waals surface area (Å²) in [6.45, 7) is 1.37. The Kier molecular flexibility index (Phi) is 6.77. The molecular formula is C19H16BrCl2N3O2. The summed E-state index contributed by atoms with van der Waals surface area (Å²) in [4.78, 5) is 12.3. The largest absolute Gasteiger partial charge is 0.487 e. The molecule has 3 aromatic rings. The van der Waals surface area contributed by atoms with Gasteiger partial charge in [0, 0.05) is 23.3 Å². The van der Waals surface area contributed by atoms with Crippen LogP contribution in [0, 0.1) is 0 Å². The number of halogens is 3. The van der Waals surface area contributed by atoms with Gasteiger partial charge in [-0.05, 0) is 51.8 Å². The molecule has 3 rings (SSSR count). The van der Waals surface area contributed by atoms with Crippen LogP contribution in [-0.2, 0) is 13.2 Å². The second-order valence-electron chi connectivity index (χ2n) is 5.74. The van der Waals surface area contributed by atoms with Gasteiger partial charge in [0.05, 0.1) is 22.2 Å². The molecule has 0 unspecified atom stereocenters. The molecule has 0 aliphatic carbocycles. The van der Waals surface area contributed by atoms with E-state index in [1.807, 2.05) is 18.3 Å². The lowest BCUT2D eigenvalue weighted by atomic mass is 10.1. The van der Waals surface area contributed by atoms with Crippen LogP contribution >= 0.6 is 39.1 Å². The van der Waals surface area contributed by atoms with E-state index in [2.05, 4.69) is 26.3 Å². The Morgan fingerprint density at radius 3 is 2.81 bits per heavy atom. The zero-order chi connectivity index (χ0) is 19.2. The maximum Gasteiger partial charge on any atom is 0.251 e. The van der Waals surface area contributed by atoms with Crippen molar-refractivity contribution < 1.29 is 9.53 Å². The first-order valence-electron chi connectivity index (χ1n) is 8.14. The van der Waals surface area contributed by atoms with E-state index >= 15 is 0 Å². The summed E-state index contributed by atoms with van der Waals surface area (Å²) in [7, 11) is 0. The molecule has 0 bridgehead atoms. The van der Waals surface area contributed by atoms with Crippen LogP contribution in [0.5, 0.6) is 5.75 Å². The zero-order valence-corrected chi connectivity index (χ0v) is 17.3. The van der Waals surface area contributed by atoms with Gasteiger partial charge in [0.15, 0.2) is 0 Å². The van der Waals surface area contributed by atoms with Crippen molar-refractivity contribution >= 4 is 45.0 Å². The van der Waals surface area contributed by atoms with Gasteiger partial charge < -0.3 is 10.1 Å². The van der Waals surface area contributed by atoms with Crippen LogP contribution in [0.3, 0.4) is 0 Å². The van der Waals surface area contributed by atoms with Crippen molar-refractivity contribution in [2.75, 3.05) is 6.54 Å². The number of benzene rings is 2. The standard InChI is InChI=1S/C19H16BrCl2N3O2/c20-15-10-24-25(11-15)7-6-23-19(26)14-3-1-2-13(8-14)12-27-18-5-4-16(21)9-17(18)22/h1-5,8-11H,6-7,12H2,(H,23,26). The number of aromatic nitrogens is 2. The molecule has 1 aromatic heterocycles. The second-order valence-corrected chi connectivity index (χ2v) is 7.50. The Labute approximate surface area is 175 Å². The minimum Gasteiger partial charge on any atom is -0.487 e. The smallest absolute Gasteiger partial charge is 0.251 e. The number of carbonyl (C=O) groups is 1. The summed E-state index contributed by atoms with van der Waals surface area (Å²) in [5.74, 6) is 0.397. The topological polar surface area (TPSA) is 56.2 Å². The molecule has 1 N–H and O–H groups in total. The fourth-order valence-electron chi connectivity index (χ4n) is 2.40. The van der Waals surface area contributed by atoms with Gasteiger partial charge in [-0.3, -0.25) is 9.48 Å². The van der Waals surface area contributed by atoms with Gasteiger partial charge in [-0.2, -0.15) is 5.10 Å². The highest BCUT2D eigenvalue weighted by Gasteiger charge is 2.08. The van der Waals surface area contributed by atoms with Gasteiger partial charge in [0.1, 0.15) is 12.4 Å². The molecule has 0 atom stereocenters. The molecule has 0 saturated heterocycles. The molecule has 1 heterocycles. The molecule has 1 amide bonds. The molecule has 0 saturated carbocycles. The fraction of sp³-hybridized carbons (Fsp3) is 0.158. The van der Waals surface area contributed by atoms with Crippen molar-refractivity contribution in [3.8, 4) is 5.75 Å². The summed E-state index contributed by atoms with van der Waals surface area (Å²) in [6, 6.07) is 12.3. The third-order valence-corrected chi connectivity index (χ3v) is 4.65. The lowest BCUT2D eigenvalue weighted by molar-refractivity contribution is 0.0951. The summed E-state index contributed by atoms with van der Waals surface area (Å²) >= 11 is 15.3. The fourth-order valence-corrected chi connectivity index (χ4v) is 3.19. The molecule has 0 radical (unpaired) electrons. The molecule has 0 spiro atoms. The van der Waals surface area contributed by atoms with E-state index in [4.69, 9.17) is 27.9 Å². The van der Waals surface area contributed by atoms with Crippen LogP contribution in [0.25, 0.3) is 0 Å². The van der Waals surface area contributed by atoms with Crippen molar-refractivity contribution in [3.63, 3.8) is 0 Å². The first kappa shape index (κ1) is 19.7. The van der Waals surface area contributed by atoms with E-state index in [9.17, 15) is 4.79 Å². The molecule has 5 nitrogen and oxygen atoms in total. The number of amides is 1. The lowest BCUT2D eigenvalue weighted by Gasteiger charge is -2.10. The number of hydrogen-bond donors (Lipinski definition) is 1. The Morgan fingerprint density at radius 2 is 2.07 bits per heavy atom. The highest BCUT2D eigenvalue weighted by atomic mass is 79.9. The van der Waals surface area contributed by atoms with Crippen molar-refractivity contribution in [2.45, 2.75) is 13.2 Å². The summed E-state index contributed by atoms with van der Waals surface area (Å²) in [5.41, 5.74) is 1.43. The minimum absolute atomic E-state index is 0.146. The van der Waals surface area contributed by atoms with Crippen LogP contribution in [0.15, 0.2) is 59.3 Å². The van der Waals surface area contributed by atoms with Gasteiger partial charge in [-0.25, -0.2) is 0 Å². The van der Waals surface area contributed by atoms with Crippen LogP contribution in [0.2, 0.25) is 10.0 Å². The Hall–Kier alpha value is -2.02. The quantitative estimate of drug-likeness (QED) is 0.533. The molecule has 140 valence electrons. The van der Waals surface area contributed by atoms with E-state index in [-0.39, 0.29) is 5.91 Å². The third-order valence-electron chi connectivity index (χ3n) is 3.71. The predicted octanol–water partition coefficient (Wildman–Crippen LogP) is 4.96. The van der Waals surface area contributed by atoms with E-state index in [0.717, 1.165) is 10.0 Å². The molecule has 2 aromatic carbocycles. The maximum absolute atomic E-state index is 12.3. The monoisotopic (exact) mass is 467 g/mol. The van der Waals surface area contributed by atoms with E-state index < -0.39 is 0 Å².